The number of benzene rings is 1. The molecular weight excluding hydrogens is 368 g/mol. The van der Waals surface area contributed by atoms with Crippen LogP contribution in [0.15, 0.2) is 28.1 Å². The smallest absolute Gasteiger partial charge is 0.344 e. The molecule has 3 N–H and O–H groups in total. The number of nitrogens with two attached hydrogens (primary N) is 1. The van der Waals surface area contributed by atoms with E-state index in [2.05, 4.69) is 0 Å². The van der Waals surface area contributed by atoms with Crippen LogP contribution in [0.1, 0.15) is 42.1 Å². The van der Waals surface area contributed by atoms with Crippen LogP contribution in [-0.4, -0.2) is 34.8 Å². The van der Waals surface area contributed by atoms with Crippen molar-refractivity contribution >= 4 is 22.6 Å². The molecule has 28 heavy (non-hydrogen) atoms. The van der Waals surface area contributed by atoms with Crippen molar-refractivity contribution in [3.63, 3.8) is 0 Å². The van der Waals surface area contributed by atoms with Crippen LogP contribution < -0.4 is 16.1 Å². The largest absolute Gasteiger partial charge is 0.477 e. The maximum absolute atomic E-state index is 14.9. The van der Waals surface area contributed by atoms with Gasteiger partial charge in [-0.1, -0.05) is 0 Å². The summed E-state index contributed by atoms with van der Waals surface area (Å²) in [4.78, 5) is 25.8. The molecule has 1 aromatic carbocycles. The molecule has 6 nitrogen and oxygen atoms in total. The number of rotatable bonds is 3. The lowest BCUT2D eigenvalue weighted by Crippen LogP contribution is -2.29. The average Bonchev–Trinajstić information content (AvgIpc) is 3.28. The van der Waals surface area contributed by atoms with Crippen LogP contribution in [0, 0.1) is 11.8 Å². The monoisotopic (exact) mass is 387 g/mol. The summed E-state index contributed by atoms with van der Waals surface area (Å²) in [5, 5.41) is 9.17. The fourth-order valence-corrected chi connectivity index (χ4v) is 4.50. The molecule has 1 atom stereocenters. The molecule has 1 fully saturated rings. The fraction of sp³-hybridized carbons (Fsp3) is 0.400. The van der Waals surface area contributed by atoms with Gasteiger partial charge in [0.2, 0.25) is 11.4 Å². The minimum Gasteiger partial charge on any atom is -0.477 e. The molecular formula is C20H19F2N3O3. The van der Waals surface area contributed by atoms with Gasteiger partial charge in [-0.15, -0.1) is 0 Å². The second kappa shape index (κ2) is 5.88. The van der Waals surface area contributed by atoms with E-state index in [0.29, 0.717) is 25.9 Å². The second-order valence-corrected chi connectivity index (χ2v) is 7.85. The first-order chi connectivity index (χ1) is 13.4. The van der Waals surface area contributed by atoms with E-state index in [4.69, 9.17) is 5.73 Å². The van der Waals surface area contributed by atoms with Gasteiger partial charge in [0.15, 0.2) is 5.56 Å². The number of hydrogen-bond acceptors (Lipinski definition) is 4. The van der Waals surface area contributed by atoms with Crippen molar-refractivity contribution in [3.05, 3.63) is 50.8 Å². The quantitative estimate of drug-likeness (QED) is 0.624. The third-order valence-electron chi connectivity index (χ3n) is 6.08. The lowest BCUT2D eigenvalue weighted by atomic mass is 10.1. The summed E-state index contributed by atoms with van der Waals surface area (Å²) in [5.41, 5.74) is 7.07. The first-order valence-electron chi connectivity index (χ1n) is 9.38. The van der Waals surface area contributed by atoms with Gasteiger partial charge in [0.1, 0.15) is 5.82 Å². The Morgan fingerprint density at radius 1 is 1.18 bits per heavy atom. The van der Waals surface area contributed by atoms with Gasteiger partial charge in [0, 0.05) is 30.6 Å². The van der Waals surface area contributed by atoms with Crippen LogP contribution in [0.2, 0.25) is 0 Å². The highest BCUT2D eigenvalue weighted by atomic mass is 19.1. The van der Waals surface area contributed by atoms with E-state index < -0.39 is 28.7 Å². The molecule has 3 aliphatic rings. The summed E-state index contributed by atoms with van der Waals surface area (Å²) < 4.78 is 31.1. The minimum atomic E-state index is -1.64. The molecule has 2 aliphatic carbocycles. The van der Waals surface area contributed by atoms with Crippen molar-refractivity contribution in [1.29, 1.82) is 0 Å². The molecule has 0 saturated heterocycles. The van der Waals surface area contributed by atoms with Crippen LogP contribution in [0.5, 0.6) is 0 Å². The summed E-state index contributed by atoms with van der Waals surface area (Å²) in [6.45, 7) is 1.08. The van der Waals surface area contributed by atoms with Gasteiger partial charge in [0.05, 0.1) is 11.2 Å². The summed E-state index contributed by atoms with van der Waals surface area (Å²) in [6.07, 6.45) is 3.18. The fourth-order valence-electron chi connectivity index (χ4n) is 4.50. The van der Waals surface area contributed by atoms with Crippen molar-refractivity contribution < 1.29 is 18.7 Å². The van der Waals surface area contributed by atoms with Crippen molar-refractivity contribution in [3.8, 4) is 0 Å². The van der Waals surface area contributed by atoms with Gasteiger partial charge in [-0.2, -0.15) is 4.39 Å². The number of carboxylic acids is 1. The number of halogens is 2. The number of anilines is 1. The van der Waals surface area contributed by atoms with E-state index >= 15 is 0 Å². The molecule has 146 valence electrons. The van der Waals surface area contributed by atoms with E-state index in [9.17, 15) is 23.5 Å². The zero-order valence-electron chi connectivity index (χ0n) is 15.0. The summed E-state index contributed by atoms with van der Waals surface area (Å²) in [5.74, 6) is -3.32. The first kappa shape index (κ1) is 17.4. The molecule has 8 heteroatoms. The van der Waals surface area contributed by atoms with Gasteiger partial charge in [-0.05, 0) is 49.0 Å². The number of hydrogen-bond donors (Lipinski definition) is 2. The van der Waals surface area contributed by atoms with E-state index in [1.54, 1.807) is 0 Å². The van der Waals surface area contributed by atoms with Crippen LogP contribution >= 0.6 is 0 Å². The summed E-state index contributed by atoms with van der Waals surface area (Å²) in [6, 6.07) is 2.30. The summed E-state index contributed by atoms with van der Waals surface area (Å²) >= 11 is 0. The van der Waals surface area contributed by atoms with Crippen LogP contribution in [0.4, 0.5) is 14.5 Å². The van der Waals surface area contributed by atoms with Crippen LogP contribution in [0.3, 0.4) is 0 Å². The maximum Gasteiger partial charge on any atom is 0.344 e. The van der Waals surface area contributed by atoms with Gasteiger partial charge in [0.25, 0.3) is 0 Å². The second-order valence-electron chi connectivity index (χ2n) is 7.85. The number of nitrogens with zero attached hydrogens (tertiary/aromatic N) is 2. The molecule has 0 radical (unpaired) electrons. The third kappa shape index (κ3) is 2.40. The summed E-state index contributed by atoms with van der Waals surface area (Å²) in [7, 11) is 0. The standard InChI is InChI=1S/C20H19F2N3O3/c21-13-5-11-15(6-16(13)24-7-9-1-4-14(23)12(9)8-24)25(10-2-3-10)19(22)17(18(11)26)20(27)28/h5-6,10,14H,1-4,7-8,23H2,(H,27,28). The topological polar surface area (TPSA) is 88.6 Å². The minimum absolute atomic E-state index is 0.0104. The molecule has 1 saturated carbocycles. The Hall–Kier alpha value is -2.74. The Balaban J connectivity index is 1.69. The number of aromatic nitrogens is 1. The Labute approximate surface area is 158 Å². The highest BCUT2D eigenvalue weighted by Gasteiger charge is 2.34. The molecule has 1 aromatic heterocycles. The molecule has 0 spiro atoms. The number of carbonyl (C=O) groups is 1. The van der Waals surface area contributed by atoms with E-state index in [1.165, 1.54) is 16.2 Å². The number of fused-ring (bicyclic) bond motifs is 1. The Morgan fingerprint density at radius 2 is 1.93 bits per heavy atom. The van der Waals surface area contributed by atoms with E-state index in [0.717, 1.165) is 24.5 Å². The van der Waals surface area contributed by atoms with Gasteiger partial charge < -0.3 is 20.3 Å². The SMILES string of the molecule is NC1CCC2=C1CN(c1cc3c(cc1F)c(=O)c(C(=O)O)c(F)n3C1CC1)C2. The van der Waals surface area contributed by atoms with Gasteiger partial charge in [-0.3, -0.25) is 4.79 Å². The average molecular weight is 387 g/mol. The predicted octanol–water partition coefficient (Wildman–Crippen LogP) is 2.55. The predicted molar refractivity (Wildman–Crippen MR) is 99.8 cm³/mol. The van der Waals surface area contributed by atoms with Crippen molar-refractivity contribution in [2.45, 2.75) is 37.8 Å². The first-order valence-corrected chi connectivity index (χ1v) is 9.38. The maximum atomic E-state index is 14.9. The van der Waals surface area contributed by atoms with Crippen LogP contribution in [-0.2, 0) is 0 Å². The molecule has 0 bridgehead atoms. The van der Waals surface area contributed by atoms with Crippen molar-refractivity contribution in [1.82, 2.24) is 4.57 Å². The molecule has 2 aromatic rings. The Kier molecular flexibility index (Phi) is 3.64. The highest BCUT2D eigenvalue weighted by molar-refractivity contribution is 5.94. The molecule has 0 amide bonds. The molecule has 1 unspecified atom stereocenters. The lowest BCUT2D eigenvalue weighted by Gasteiger charge is -2.23. The number of carboxylic acid groups (broad SMARTS) is 1. The Morgan fingerprint density at radius 3 is 2.57 bits per heavy atom. The number of aromatic carboxylic acids is 1. The van der Waals surface area contributed by atoms with Crippen molar-refractivity contribution in [2.24, 2.45) is 5.73 Å². The third-order valence-corrected chi connectivity index (χ3v) is 6.08. The highest BCUT2D eigenvalue weighted by Crippen LogP contribution is 2.40. The Bertz CT molecular complexity index is 1130. The zero-order valence-corrected chi connectivity index (χ0v) is 15.0. The van der Waals surface area contributed by atoms with Crippen molar-refractivity contribution in [2.75, 3.05) is 18.0 Å². The van der Waals surface area contributed by atoms with Gasteiger partial charge in [-0.25, -0.2) is 9.18 Å². The normalized spacial score (nSPS) is 21.7. The molecule has 5 rings (SSSR count). The lowest BCUT2D eigenvalue weighted by molar-refractivity contribution is 0.0688. The van der Waals surface area contributed by atoms with Gasteiger partial charge >= 0.3 is 5.97 Å². The number of pyridine rings is 1. The zero-order chi connectivity index (χ0) is 19.7. The molecule has 1 aliphatic heterocycles. The van der Waals surface area contributed by atoms with E-state index in [-0.39, 0.29) is 28.7 Å². The van der Waals surface area contributed by atoms with Crippen LogP contribution in [0.25, 0.3) is 10.9 Å². The van der Waals surface area contributed by atoms with E-state index in [1.807, 2.05) is 4.90 Å². The molecule has 2 heterocycles.